The summed E-state index contributed by atoms with van der Waals surface area (Å²) < 4.78 is 0. The van der Waals surface area contributed by atoms with E-state index in [2.05, 4.69) is 60.6 Å². The van der Waals surface area contributed by atoms with Crippen molar-refractivity contribution in [1.29, 1.82) is 0 Å². The summed E-state index contributed by atoms with van der Waals surface area (Å²) in [7, 11) is 0. The first-order chi connectivity index (χ1) is 11.8. The number of nitrogens with zero attached hydrogens (tertiary/aromatic N) is 2. The van der Waals surface area contributed by atoms with Crippen LogP contribution in [0, 0.1) is 0 Å². The quantitative estimate of drug-likeness (QED) is 0.759. The summed E-state index contributed by atoms with van der Waals surface area (Å²) in [5, 5.41) is 4.15. The maximum Gasteiger partial charge on any atom is 0.157 e. The predicted octanol–water partition coefficient (Wildman–Crippen LogP) is 5.24. The van der Waals surface area contributed by atoms with E-state index in [0.29, 0.717) is 0 Å². The van der Waals surface area contributed by atoms with E-state index in [1.807, 2.05) is 6.07 Å². The first-order valence-electron chi connectivity index (χ1n) is 8.77. The Labute approximate surface area is 143 Å². The van der Waals surface area contributed by atoms with Crippen LogP contribution >= 0.6 is 0 Å². The third-order valence-corrected chi connectivity index (χ3v) is 4.90. The number of aliphatic imine (C=N–C) groups is 1. The molecule has 2 unspecified atom stereocenters. The Morgan fingerprint density at radius 2 is 1.75 bits per heavy atom. The number of benzene rings is 2. The summed E-state index contributed by atoms with van der Waals surface area (Å²) in [6.07, 6.45) is 4.10. The highest BCUT2D eigenvalue weighted by Gasteiger charge is 2.23. The van der Waals surface area contributed by atoms with Crippen LogP contribution in [0.1, 0.15) is 61.4 Å². The number of hydrogen-bond acceptors (Lipinski definition) is 3. The van der Waals surface area contributed by atoms with Crippen molar-refractivity contribution in [3.63, 3.8) is 0 Å². The lowest BCUT2D eigenvalue weighted by Gasteiger charge is -2.11. The molecule has 2 aliphatic heterocycles. The Bertz CT molecular complexity index is 762. The van der Waals surface area contributed by atoms with Gasteiger partial charge in [-0.2, -0.15) is 0 Å². The van der Waals surface area contributed by atoms with Gasteiger partial charge in [0, 0.05) is 12.1 Å². The van der Waals surface area contributed by atoms with Gasteiger partial charge in [0.25, 0.3) is 0 Å². The zero-order valence-electron chi connectivity index (χ0n) is 14.0. The summed E-state index contributed by atoms with van der Waals surface area (Å²) in [4.78, 5) is 10.5. The van der Waals surface area contributed by atoms with E-state index in [1.54, 1.807) is 0 Å². The zero-order chi connectivity index (χ0) is 16.4. The molecule has 2 heterocycles. The van der Waals surface area contributed by atoms with Crippen LogP contribution in [-0.4, -0.2) is 11.4 Å². The zero-order valence-corrected chi connectivity index (χ0v) is 14.0. The van der Waals surface area contributed by atoms with E-state index in [1.165, 1.54) is 22.4 Å². The molecule has 0 saturated heterocycles. The minimum Gasteiger partial charge on any atom is -0.387 e. The Kier molecular flexibility index (Phi) is 4.16. The van der Waals surface area contributed by atoms with Gasteiger partial charge in [-0.05, 0) is 36.0 Å². The lowest BCUT2D eigenvalue weighted by atomic mass is 9.98. The van der Waals surface area contributed by atoms with Gasteiger partial charge < -0.3 is 4.84 Å². The van der Waals surface area contributed by atoms with E-state index >= 15 is 0 Å². The highest BCUT2D eigenvalue weighted by atomic mass is 16.6. The molecular weight excluding hydrogens is 296 g/mol. The summed E-state index contributed by atoms with van der Waals surface area (Å²) in [6, 6.07) is 19.5. The molecule has 0 bridgehead atoms. The first-order valence-corrected chi connectivity index (χ1v) is 8.77. The molecule has 4 rings (SSSR count). The van der Waals surface area contributed by atoms with E-state index in [4.69, 9.17) is 9.83 Å². The van der Waals surface area contributed by atoms with Gasteiger partial charge in [0.15, 0.2) is 6.10 Å². The van der Waals surface area contributed by atoms with Crippen molar-refractivity contribution in [3.8, 4) is 0 Å². The summed E-state index contributed by atoms with van der Waals surface area (Å²) in [5.74, 6) is 0. The molecule has 2 aromatic carbocycles. The van der Waals surface area contributed by atoms with Gasteiger partial charge in [0.05, 0.1) is 11.8 Å². The van der Waals surface area contributed by atoms with Crippen molar-refractivity contribution in [3.05, 3.63) is 71.3 Å². The molecule has 0 radical (unpaired) electrons. The van der Waals surface area contributed by atoms with Gasteiger partial charge in [0.1, 0.15) is 0 Å². The lowest BCUT2D eigenvalue weighted by molar-refractivity contribution is 0.0857. The minimum absolute atomic E-state index is 0.0842. The molecule has 3 nitrogen and oxygen atoms in total. The molecule has 2 aliphatic rings. The average Bonchev–Trinajstić information content (AvgIpc) is 3.32. The standard InChI is InChI=1S/C21H22N2O/c1-2-18-14-21(24-23-18)17-10-8-16(9-11-17)20-13-12-19(22-20)15-6-4-3-5-7-15/h3-11,20-21H,2,12-14H2,1H3. The van der Waals surface area contributed by atoms with Crippen molar-refractivity contribution < 1.29 is 4.84 Å². The molecule has 0 amide bonds. The van der Waals surface area contributed by atoms with Crippen LogP contribution in [0.25, 0.3) is 0 Å². The van der Waals surface area contributed by atoms with E-state index < -0.39 is 0 Å². The topological polar surface area (TPSA) is 34.0 Å². The second-order valence-corrected chi connectivity index (χ2v) is 6.47. The fourth-order valence-electron chi connectivity index (χ4n) is 3.43. The van der Waals surface area contributed by atoms with Crippen molar-refractivity contribution in [2.75, 3.05) is 0 Å². The van der Waals surface area contributed by atoms with Crippen molar-refractivity contribution in [2.45, 2.75) is 44.8 Å². The molecule has 0 N–H and O–H groups in total. The molecular formula is C21H22N2O. The Balaban J connectivity index is 1.47. The van der Waals surface area contributed by atoms with Gasteiger partial charge >= 0.3 is 0 Å². The molecule has 0 spiro atoms. The molecule has 0 fully saturated rings. The third-order valence-electron chi connectivity index (χ3n) is 4.90. The van der Waals surface area contributed by atoms with Crippen LogP contribution in [0.5, 0.6) is 0 Å². The molecule has 122 valence electrons. The normalized spacial score (nSPS) is 22.9. The van der Waals surface area contributed by atoms with Gasteiger partial charge in [-0.25, -0.2) is 0 Å². The van der Waals surface area contributed by atoms with Crippen LogP contribution in [0.3, 0.4) is 0 Å². The summed E-state index contributed by atoms with van der Waals surface area (Å²) in [6.45, 7) is 2.12. The van der Waals surface area contributed by atoms with Crippen LogP contribution < -0.4 is 0 Å². The van der Waals surface area contributed by atoms with Crippen molar-refractivity contribution in [2.24, 2.45) is 10.1 Å². The third kappa shape index (κ3) is 2.99. The smallest absolute Gasteiger partial charge is 0.157 e. The highest BCUT2D eigenvalue weighted by Crippen LogP contribution is 2.33. The number of oxime groups is 1. The second kappa shape index (κ2) is 6.60. The van der Waals surface area contributed by atoms with Crippen LogP contribution in [-0.2, 0) is 4.84 Å². The predicted molar refractivity (Wildman–Crippen MR) is 97.6 cm³/mol. The fraction of sp³-hybridized carbons (Fsp3) is 0.333. The molecule has 0 aliphatic carbocycles. The van der Waals surface area contributed by atoms with Gasteiger partial charge in [0.2, 0.25) is 0 Å². The monoisotopic (exact) mass is 318 g/mol. The fourth-order valence-corrected chi connectivity index (χ4v) is 3.43. The Morgan fingerprint density at radius 3 is 2.46 bits per heavy atom. The van der Waals surface area contributed by atoms with E-state index in [-0.39, 0.29) is 12.1 Å². The highest BCUT2D eigenvalue weighted by molar-refractivity contribution is 6.01. The van der Waals surface area contributed by atoms with E-state index in [9.17, 15) is 0 Å². The van der Waals surface area contributed by atoms with Crippen LogP contribution in [0.15, 0.2) is 64.7 Å². The lowest BCUT2D eigenvalue weighted by Crippen LogP contribution is -2.00. The second-order valence-electron chi connectivity index (χ2n) is 6.47. The van der Waals surface area contributed by atoms with Gasteiger partial charge in [-0.15, -0.1) is 0 Å². The van der Waals surface area contributed by atoms with Crippen molar-refractivity contribution in [1.82, 2.24) is 0 Å². The van der Waals surface area contributed by atoms with Gasteiger partial charge in [-0.1, -0.05) is 66.7 Å². The largest absolute Gasteiger partial charge is 0.387 e. The van der Waals surface area contributed by atoms with Crippen molar-refractivity contribution >= 4 is 11.4 Å². The summed E-state index contributed by atoms with van der Waals surface area (Å²) in [5.41, 5.74) is 6.12. The first kappa shape index (κ1) is 15.1. The maximum atomic E-state index is 5.54. The molecule has 0 saturated carbocycles. The molecule has 2 atom stereocenters. The minimum atomic E-state index is 0.0842. The summed E-state index contributed by atoms with van der Waals surface area (Å²) >= 11 is 0. The van der Waals surface area contributed by atoms with E-state index in [0.717, 1.165) is 31.4 Å². The Hall–Kier alpha value is -2.42. The SMILES string of the molecule is CCC1=NOC(c2ccc(C3CCC(c4ccccc4)=N3)cc2)C1. The molecule has 24 heavy (non-hydrogen) atoms. The molecule has 0 aromatic heterocycles. The number of rotatable bonds is 4. The van der Waals surface area contributed by atoms with Gasteiger partial charge in [-0.3, -0.25) is 4.99 Å². The maximum absolute atomic E-state index is 5.54. The Morgan fingerprint density at radius 1 is 1.00 bits per heavy atom. The average molecular weight is 318 g/mol. The van der Waals surface area contributed by atoms with Crippen LogP contribution in [0.2, 0.25) is 0 Å². The molecule has 3 heteroatoms. The number of hydrogen-bond donors (Lipinski definition) is 0. The van der Waals surface area contributed by atoms with Crippen LogP contribution in [0.4, 0.5) is 0 Å². The molecule has 2 aromatic rings.